The van der Waals surface area contributed by atoms with Crippen LogP contribution in [0.5, 0.6) is 0 Å². The Kier molecular flexibility index (Phi) is 5.15. The van der Waals surface area contributed by atoms with Crippen molar-refractivity contribution in [2.24, 2.45) is 17.8 Å². The molecule has 2 aliphatic carbocycles. The lowest BCUT2D eigenvalue weighted by Gasteiger charge is -2.17. The number of fused-ring (bicyclic) bond motifs is 2. The minimum Gasteiger partial charge on any atom is -0.325 e. The maximum Gasteiger partial charge on any atom is 0.224 e. The van der Waals surface area contributed by atoms with E-state index in [0.717, 1.165) is 36.6 Å². The van der Waals surface area contributed by atoms with Gasteiger partial charge in [0, 0.05) is 18.0 Å². The Bertz CT molecular complexity index is 1150. The lowest BCUT2D eigenvalue weighted by molar-refractivity contribution is -0.117. The van der Waals surface area contributed by atoms with Crippen LogP contribution in [-0.4, -0.2) is 15.9 Å². The van der Waals surface area contributed by atoms with Gasteiger partial charge in [-0.15, -0.1) is 6.42 Å². The number of rotatable bonds is 4. The Hall–Kier alpha value is -3.26. The minimum atomic E-state index is -0.213. The van der Waals surface area contributed by atoms with Crippen molar-refractivity contribution in [1.29, 1.82) is 0 Å². The van der Waals surface area contributed by atoms with Crippen LogP contribution in [0.15, 0.2) is 48.8 Å². The zero-order valence-corrected chi connectivity index (χ0v) is 17.2. The molecule has 5 heteroatoms. The van der Waals surface area contributed by atoms with Gasteiger partial charge < -0.3 is 5.32 Å². The maximum absolute atomic E-state index is 13.8. The second-order valence-electron chi connectivity index (χ2n) is 8.92. The molecule has 0 saturated heterocycles. The number of benzene rings is 1. The van der Waals surface area contributed by atoms with E-state index in [0.29, 0.717) is 41.5 Å². The summed E-state index contributed by atoms with van der Waals surface area (Å²) in [5, 5.41) is 3.87. The number of aromatic nitrogens is 2. The van der Waals surface area contributed by atoms with Crippen LogP contribution in [0.25, 0.3) is 10.9 Å². The fraction of sp³-hybridized carbons (Fsp3) is 0.346. The second-order valence-corrected chi connectivity index (χ2v) is 8.92. The third kappa shape index (κ3) is 4.03. The highest BCUT2D eigenvalue weighted by Gasteiger charge is 2.42. The first kappa shape index (κ1) is 19.7. The maximum atomic E-state index is 13.8. The van der Waals surface area contributed by atoms with Crippen LogP contribution in [0.1, 0.15) is 49.3 Å². The first-order valence-corrected chi connectivity index (χ1v) is 10.9. The number of carbonyl (C=O) groups is 1. The van der Waals surface area contributed by atoms with Gasteiger partial charge in [-0.3, -0.25) is 9.78 Å². The smallest absolute Gasteiger partial charge is 0.224 e. The number of pyridine rings is 2. The van der Waals surface area contributed by atoms with Gasteiger partial charge in [-0.2, -0.15) is 0 Å². The number of amides is 1. The number of hydrogen-bond donors (Lipinski definition) is 1. The Morgan fingerprint density at radius 2 is 1.90 bits per heavy atom. The lowest BCUT2D eigenvalue weighted by atomic mass is 9.89. The van der Waals surface area contributed by atoms with Crippen molar-refractivity contribution in [1.82, 2.24) is 9.97 Å². The van der Waals surface area contributed by atoms with E-state index < -0.39 is 0 Å². The van der Waals surface area contributed by atoms with Gasteiger partial charge in [0.2, 0.25) is 5.91 Å². The monoisotopic (exact) mass is 413 g/mol. The van der Waals surface area contributed by atoms with E-state index >= 15 is 0 Å². The summed E-state index contributed by atoms with van der Waals surface area (Å²) in [7, 11) is 0. The largest absolute Gasteiger partial charge is 0.325 e. The Labute approximate surface area is 181 Å². The average molecular weight is 413 g/mol. The van der Waals surface area contributed by atoms with Crippen molar-refractivity contribution >= 4 is 22.5 Å². The third-order valence-electron chi connectivity index (χ3n) is 6.96. The topological polar surface area (TPSA) is 54.9 Å². The zero-order valence-electron chi connectivity index (χ0n) is 17.2. The molecule has 0 aliphatic heterocycles. The molecule has 5 rings (SSSR count). The van der Waals surface area contributed by atoms with E-state index in [9.17, 15) is 9.18 Å². The predicted octanol–water partition coefficient (Wildman–Crippen LogP) is 5.30. The highest BCUT2D eigenvalue weighted by molar-refractivity contribution is 5.90. The molecule has 1 N–H and O–H groups in total. The van der Waals surface area contributed by atoms with E-state index in [-0.39, 0.29) is 11.7 Å². The predicted molar refractivity (Wildman–Crippen MR) is 119 cm³/mol. The molecule has 31 heavy (non-hydrogen) atoms. The van der Waals surface area contributed by atoms with Crippen molar-refractivity contribution in [2.45, 2.75) is 38.0 Å². The molecule has 2 fully saturated rings. The number of nitrogens with zero attached hydrogens (tertiary/aromatic N) is 2. The second kappa shape index (κ2) is 8.11. The van der Waals surface area contributed by atoms with Crippen LogP contribution < -0.4 is 5.32 Å². The summed E-state index contributed by atoms with van der Waals surface area (Å²) >= 11 is 0. The van der Waals surface area contributed by atoms with E-state index in [1.165, 1.54) is 11.6 Å². The van der Waals surface area contributed by atoms with E-state index in [4.69, 9.17) is 6.42 Å². The summed E-state index contributed by atoms with van der Waals surface area (Å²) < 4.78 is 13.8. The molecule has 2 heterocycles. The number of carbonyl (C=O) groups excluding carboxylic acids is 1. The highest BCUT2D eigenvalue weighted by Crippen LogP contribution is 2.53. The van der Waals surface area contributed by atoms with Crippen molar-refractivity contribution in [3.63, 3.8) is 0 Å². The molecule has 2 saturated carbocycles. The average Bonchev–Trinajstić information content (AvgIpc) is 3.32. The Morgan fingerprint density at radius 3 is 2.61 bits per heavy atom. The van der Waals surface area contributed by atoms with Crippen LogP contribution in [0, 0.1) is 35.9 Å². The fourth-order valence-electron chi connectivity index (χ4n) is 5.69. The van der Waals surface area contributed by atoms with Crippen molar-refractivity contribution in [3.8, 4) is 12.3 Å². The van der Waals surface area contributed by atoms with Crippen LogP contribution >= 0.6 is 0 Å². The van der Waals surface area contributed by atoms with Gasteiger partial charge in [-0.25, -0.2) is 9.37 Å². The van der Waals surface area contributed by atoms with Crippen molar-refractivity contribution in [2.75, 3.05) is 5.32 Å². The van der Waals surface area contributed by atoms with Crippen LogP contribution in [0.3, 0.4) is 0 Å². The van der Waals surface area contributed by atoms with Gasteiger partial charge in [-0.1, -0.05) is 5.92 Å². The molecule has 4 nitrogen and oxygen atoms in total. The quantitative estimate of drug-likeness (QED) is 0.591. The number of halogens is 1. The molecule has 0 radical (unpaired) electrons. The lowest BCUT2D eigenvalue weighted by Crippen LogP contribution is -2.16. The Balaban J connectivity index is 1.20. The molecular formula is C26H24FN3O. The van der Waals surface area contributed by atoms with Crippen molar-refractivity contribution in [3.05, 3.63) is 65.9 Å². The molecule has 156 valence electrons. The van der Waals surface area contributed by atoms with Gasteiger partial charge in [0.15, 0.2) is 0 Å². The van der Waals surface area contributed by atoms with E-state index in [1.54, 1.807) is 30.5 Å². The number of nitrogens with one attached hydrogen (secondary N) is 1. The molecule has 1 aromatic carbocycles. The van der Waals surface area contributed by atoms with Crippen molar-refractivity contribution < 1.29 is 9.18 Å². The minimum absolute atomic E-state index is 0.0346. The van der Waals surface area contributed by atoms with Gasteiger partial charge in [0.05, 0.1) is 17.4 Å². The SMILES string of the molecule is C#Cc1ccc(NC(=O)C[C@@H]2CC3CC(c4ccnc5ccc(F)cc45)C[C@@H]3C2)cn1. The molecule has 3 aromatic rings. The van der Waals surface area contributed by atoms with Crippen LogP contribution in [0.4, 0.5) is 10.1 Å². The van der Waals surface area contributed by atoms with Crippen LogP contribution in [0.2, 0.25) is 0 Å². The zero-order chi connectivity index (χ0) is 21.4. The standard InChI is InChI=1S/C26H24FN3O/c1-2-21-4-5-22(15-29-21)30-26(31)11-16-9-17-12-19(13-18(17)10-16)23-7-8-28-25-6-3-20(27)14-24(23)25/h1,3-8,14-19H,9-13H2,(H,30,31)/t16-,17-,18?,19?/m0/s1. The summed E-state index contributed by atoms with van der Waals surface area (Å²) in [6.45, 7) is 0. The summed E-state index contributed by atoms with van der Waals surface area (Å²) in [6, 6.07) is 10.4. The van der Waals surface area contributed by atoms with Gasteiger partial charge in [-0.05, 0) is 91.3 Å². The summed E-state index contributed by atoms with van der Waals surface area (Å²) in [4.78, 5) is 21.0. The van der Waals surface area contributed by atoms with E-state index in [1.807, 2.05) is 6.20 Å². The van der Waals surface area contributed by atoms with Gasteiger partial charge in [0.1, 0.15) is 11.5 Å². The number of anilines is 1. The number of terminal acetylenes is 1. The molecule has 2 unspecified atom stereocenters. The molecule has 4 atom stereocenters. The summed E-state index contributed by atoms with van der Waals surface area (Å²) in [5.41, 5.74) is 3.31. The molecule has 0 spiro atoms. The van der Waals surface area contributed by atoms with Crippen LogP contribution in [-0.2, 0) is 4.79 Å². The normalized spacial score (nSPS) is 24.6. The molecule has 1 amide bonds. The Morgan fingerprint density at radius 1 is 1.10 bits per heavy atom. The summed E-state index contributed by atoms with van der Waals surface area (Å²) in [5.74, 6) is 4.42. The number of hydrogen-bond acceptors (Lipinski definition) is 3. The molecular weight excluding hydrogens is 389 g/mol. The van der Waals surface area contributed by atoms with E-state index in [2.05, 4.69) is 27.3 Å². The third-order valence-corrected chi connectivity index (χ3v) is 6.96. The van der Waals surface area contributed by atoms with Gasteiger partial charge in [0.25, 0.3) is 0 Å². The first-order chi connectivity index (χ1) is 15.1. The highest BCUT2D eigenvalue weighted by atomic mass is 19.1. The van der Waals surface area contributed by atoms with Gasteiger partial charge >= 0.3 is 0 Å². The fourth-order valence-corrected chi connectivity index (χ4v) is 5.69. The molecule has 2 aliphatic rings. The summed E-state index contributed by atoms with van der Waals surface area (Å²) in [6.07, 6.45) is 13.7. The molecule has 0 bridgehead atoms. The first-order valence-electron chi connectivity index (χ1n) is 10.9. The molecule has 2 aromatic heterocycles.